The van der Waals surface area contributed by atoms with Crippen LogP contribution >= 0.6 is 0 Å². The number of carbonyl (C=O) groups excluding carboxylic acids is 1. The lowest BCUT2D eigenvalue weighted by Gasteiger charge is -2.22. The van der Waals surface area contributed by atoms with Crippen LogP contribution in [0.2, 0.25) is 0 Å². The lowest BCUT2D eigenvalue weighted by Crippen LogP contribution is -2.30. The summed E-state index contributed by atoms with van der Waals surface area (Å²) < 4.78 is 0. The molecular formula is C15H29NO2. The Hall–Kier alpha value is -0.570. The van der Waals surface area contributed by atoms with Crippen LogP contribution < -0.4 is 5.32 Å². The molecule has 3 nitrogen and oxygen atoms in total. The number of aliphatic hydroxyl groups is 1. The van der Waals surface area contributed by atoms with Gasteiger partial charge in [0.1, 0.15) is 0 Å². The van der Waals surface area contributed by atoms with Crippen molar-refractivity contribution in [1.82, 2.24) is 5.32 Å². The Labute approximate surface area is 111 Å². The molecule has 1 rings (SSSR count). The minimum Gasteiger partial charge on any atom is -0.393 e. The summed E-state index contributed by atoms with van der Waals surface area (Å²) in [5, 5.41) is 12.7. The van der Waals surface area contributed by atoms with Gasteiger partial charge in [0.2, 0.25) is 5.91 Å². The van der Waals surface area contributed by atoms with Gasteiger partial charge in [0.25, 0.3) is 0 Å². The van der Waals surface area contributed by atoms with Crippen LogP contribution in [0, 0.1) is 11.8 Å². The van der Waals surface area contributed by atoms with Crippen LogP contribution in [0.4, 0.5) is 0 Å². The zero-order valence-electron chi connectivity index (χ0n) is 12.0. The molecule has 2 N–H and O–H groups in total. The van der Waals surface area contributed by atoms with Crippen LogP contribution in [0.15, 0.2) is 0 Å². The van der Waals surface area contributed by atoms with Crippen LogP contribution in [0.1, 0.15) is 65.2 Å². The molecule has 0 radical (unpaired) electrons. The van der Waals surface area contributed by atoms with E-state index in [9.17, 15) is 9.90 Å². The van der Waals surface area contributed by atoms with Gasteiger partial charge in [0, 0.05) is 6.54 Å². The molecule has 0 saturated heterocycles. The van der Waals surface area contributed by atoms with Gasteiger partial charge in [0.15, 0.2) is 0 Å². The van der Waals surface area contributed by atoms with Crippen molar-refractivity contribution in [2.45, 2.75) is 71.3 Å². The minimum atomic E-state index is -0.459. The highest BCUT2D eigenvalue weighted by molar-refractivity contribution is 5.76. The van der Waals surface area contributed by atoms with Gasteiger partial charge in [0.05, 0.1) is 12.5 Å². The second kappa shape index (κ2) is 8.52. The van der Waals surface area contributed by atoms with Crippen molar-refractivity contribution < 1.29 is 9.90 Å². The predicted octanol–water partition coefficient (Wildman–Crippen LogP) is 2.87. The van der Waals surface area contributed by atoms with E-state index in [1.165, 1.54) is 32.1 Å². The second-order valence-electron chi connectivity index (χ2n) is 6.14. The Morgan fingerprint density at radius 2 is 1.94 bits per heavy atom. The van der Waals surface area contributed by atoms with Crippen molar-refractivity contribution >= 4 is 5.91 Å². The minimum absolute atomic E-state index is 0.0140. The van der Waals surface area contributed by atoms with E-state index in [1.807, 2.05) is 0 Å². The summed E-state index contributed by atoms with van der Waals surface area (Å²) in [4.78, 5) is 11.5. The molecule has 1 fully saturated rings. The van der Waals surface area contributed by atoms with E-state index >= 15 is 0 Å². The molecular weight excluding hydrogens is 226 g/mol. The van der Waals surface area contributed by atoms with Crippen molar-refractivity contribution in [2.75, 3.05) is 6.54 Å². The Bertz CT molecular complexity index is 235. The summed E-state index contributed by atoms with van der Waals surface area (Å²) in [7, 11) is 0. The standard InChI is InChI=1S/C15H29NO2/c1-12(2)11-16-15(18)10-14(17)9-8-13-6-4-3-5-7-13/h12-14,17H,3-11H2,1-2H3,(H,16,18)/t14-/m0/s1. The largest absolute Gasteiger partial charge is 0.393 e. The first-order valence-electron chi connectivity index (χ1n) is 7.52. The molecule has 1 aliphatic rings. The maximum absolute atomic E-state index is 11.5. The molecule has 0 aliphatic heterocycles. The normalized spacial score (nSPS) is 18.9. The fourth-order valence-corrected chi connectivity index (χ4v) is 2.61. The summed E-state index contributed by atoms with van der Waals surface area (Å²) in [6.07, 6.45) is 8.34. The van der Waals surface area contributed by atoms with E-state index in [2.05, 4.69) is 19.2 Å². The third-order valence-electron chi connectivity index (χ3n) is 3.76. The molecule has 18 heavy (non-hydrogen) atoms. The third-order valence-corrected chi connectivity index (χ3v) is 3.76. The summed E-state index contributed by atoms with van der Waals surface area (Å²) in [6.45, 7) is 4.84. The molecule has 0 heterocycles. The molecule has 0 aromatic carbocycles. The molecule has 1 aliphatic carbocycles. The zero-order chi connectivity index (χ0) is 13.4. The van der Waals surface area contributed by atoms with Crippen LogP contribution in [0.5, 0.6) is 0 Å². The average Bonchev–Trinajstić information content (AvgIpc) is 2.35. The molecule has 1 saturated carbocycles. The Balaban J connectivity index is 2.08. The van der Waals surface area contributed by atoms with E-state index < -0.39 is 6.10 Å². The Kier molecular flexibility index (Phi) is 7.33. The maximum Gasteiger partial charge on any atom is 0.222 e. The number of hydrogen-bond acceptors (Lipinski definition) is 2. The Morgan fingerprint density at radius 3 is 2.56 bits per heavy atom. The number of carbonyl (C=O) groups is 1. The van der Waals surface area contributed by atoms with E-state index in [0.29, 0.717) is 12.5 Å². The second-order valence-corrected chi connectivity index (χ2v) is 6.14. The average molecular weight is 255 g/mol. The first-order chi connectivity index (χ1) is 8.58. The highest BCUT2D eigenvalue weighted by Gasteiger charge is 2.16. The lowest BCUT2D eigenvalue weighted by molar-refractivity contribution is -0.123. The lowest BCUT2D eigenvalue weighted by atomic mass is 9.85. The van der Waals surface area contributed by atoms with E-state index in [1.54, 1.807) is 0 Å². The van der Waals surface area contributed by atoms with E-state index in [-0.39, 0.29) is 12.3 Å². The summed E-state index contributed by atoms with van der Waals surface area (Å²) >= 11 is 0. The van der Waals surface area contributed by atoms with Crippen molar-refractivity contribution in [2.24, 2.45) is 11.8 Å². The maximum atomic E-state index is 11.5. The van der Waals surface area contributed by atoms with Crippen molar-refractivity contribution in [3.63, 3.8) is 0 Å². The molecule has 0 aromatic rings. The quantitative estimate of drug-likeness (QED) is 0.735. The molecule has 1 amide bonds. The van der Waals surface area contributed by atoms with Crippen molar-refractivity contribution in [3.05, 3.63) is 0 Å². The first kappa shape index (κ1) is 15.5. The number of nitrogens with one attached hydrogen (secondary N) is 1. The fraction of sp³-hybridized carbons (Fsp3) is 0.933. The van der Waals surface area contributed by atoms with Gasteiger partial charge in [-0.2, -0.15) is 0 Å². The summed E-state index contributed by atoms with van der Waals surface area (Å²) in [6, 6.07) is 0. The molecule has 3 heteroatoms. The van der Waals surface area contributed by atoms with Gasteiger partial charge in [-0.05, 0) is 24.7 Å². The van der Waals surface area contributed by atoms with Gasteiger partial charge >= 0.3 is 0 Å². The summed E-state index contributed by atoms with van der Waals surface area (Å²) in [5.74, 6) is 1.24. The van der Waals surface area contributed by atoms with E-state index in [4.69, 9.17) is 0 Å². The van der Waals surface area contributed by atoms with Crippen molar-refractivity contribution in [3.8, 4) is 0 Å². The number of amides is 1. The molecule has 0 spiro atoms. The molecule has 0 bridgehead atoms. The van der Waals surface area contributed by atoms with E-state index in [0.717, 1.165) is 18.8 Å². The van der Waals surface area contributed by atoms with Crippen LogP contribution in [-0.2, 0) is 4.79 Å². The fourth-order valence-electron chi connectivity index (χ4n) is 2.61. The first-order valence-corrected chi connectivity index (χ1v) is 7.52. The number of hydrogen-bond donors (Lipinski definition) is 2. The van der Waals surface area contributed by atoms with Crippen LogP contribution in [-0.4, -0.2) is 23.7 Å². The van der Waals surface area contributed by atoms with Crippen molar-refractivity contribution in [1.29, 1.82) is 0 Å². The van der Waals surface area contributed by atoms with Crippen LogP contribution in [0.25, 0.3) is 0 Å². The third kappa shape index (κ3) is 7.00. The predicted molar refractivity (Wildman–Crippen MR) is 74.3 cm³/mol. The number of rotatable bonds is 7. The highest BCUT2D eigenvalue weighted by Crippen LogP contribution is 2.27. The van der Waals surface area contributed by atoms with Gasteiger partial charge in [-0.25, -0.2) is 0 Å². The molecule has 1 atom stereocenters. The smallest absolute Gasteiger partial charge is 0.222 e. The Morgan fingerprint density at radius 1 is 1.28 bits per heavy atom. The molecule has 0 aromatic heterocycles. The zero-order valence-corrected chi connectivity index (χ0v) is 12.0. The summed E-state index contributed by atoms with van der Waals surface area (Å²) in [5.41, 5.74) is 0. The van der Waals surface area contributed by atoms with Gasteiger partial charge in [-0.1, -0.05) is 46.0 Å². The monoisotopic (exact) mass is 255 g/mol. The van der Waals surface area contributed by atoms with Gasteiger partial charge < -0.3 is 10.4 Å². The SMILES string of the molecule is CC(C)CNC(=O)C[C@@H](O)CCC1CCCCC1. The number of aliphatic hydroxyl groups excluding tert-OH is 1. The highest BCUT2D eigenvalue weighted by atomic mass is 16.3. The topological polar surface area (TPSA) is 49.3 Å². The van der Waals surface area contributed by atoms with Crippen LogP contribution in [0.3, 0.4) is 0 Å². The van der Waals surface area contributed by atoms with Gasteiger partial charge in [-0.3, -0.25) is 4.79 Å². The van der Waals surface area contributed by atoms with Gasteiger partial charge in [-0.15, -0.1) is 0 Å². The molecule has 106 valence electrons. The molecule has 0 unspecified atom stereocenters.